The molecular formula is C14H12N6S. The van der Waals surface area contributed by atoms with Crippen molar-refractivity contribution in [2.45, 2.75) is 0 Å². The lowest BCUT2D eigenvalue weighted by Crippen LogP contribution is -1.97. The third-order valence-electron chi connectivity index (χ3n) is 3.19. The van der Waals surface area contributed by atoms with Crippen LogP contribution in [0.15, 0.2) is 48.5 Å². The van der Waals surface area contributed by atoms with Crippen LogP contribution in [0.5, 0.6) is 0 Å². The lowest BCUT2D eigenvalue weighted by molar-refractivity contribution is 0.768. The number of hydrogen-bond donors (Lipinski definition) is 1. The second-order valence-corrected chi connectivity index (χ2v) is 5.57. The second-order valence-electron chi connectivity index (χ2n) is 4.62. The minimum absolute atomic E-state index is 0.745. The fourth-order valence-electron chi connectivity index (χ4n) is 2.24. The molecule has 7 heteroatoms. The van der Waals surface area contributed by atoms with Crippen molar-refractivity contribution in [2.75, 3.05) is 5.32 Å². The standard InChI is InChI=1S/C14H12N6S/c1-19-9-10(7-17-19)11-8-16-14-13(15-4-5-20(11)14)18-12-3-2-6-21-12/h2-9H,1H3,(H,15,18). The number of thiophene rings is 1. The Labute approximate surface area is 124 Å². The molecule has 4 aromatic rings. The van der Waals surface area contributed by atoms with Gasteiger partial charge in [0.15, 0.2) is 11.5 Å². The Bertz CT molecular complexity index is 889. The number of aromatic nitrogens is 5. The maximum Gasteiger partial charge on any atom is 0.180 e. The Balaban J connectivity index is 1.82. The van der Waals surface area contributed by atoms with Gasteiger partial charge < -0.3 is 5.32 Å². The molecule has 4 aromatic heterocycles. The van der Waals surface area contributed by atoms with E-state index in [9.17, 15) is 0 Å². The van der Waals surface area contributed by atoms with Gasteiger partial charge in [0, 0.05) is 31.2 Å². The maximum atomic E-state index is 4.49. The van der Waals surface area contributed by atoms with E-state index in [4.69, 9.17) is 0 Å². The van der Waals surface area contributed by atoms with Gasteiger partial charge in [0.05, 0.1) is 23.1 Å². The number of rotatable bonds is 3. The van der Waals surface area contributed by atoms with Crippen molar-refractivity contribution >= 4 is 27.8 Å². The predicted molar refractivity (Wildman–Crippen MR) is 82.8 cm³/mol. The Hall–Kier alpha value is -2.67. The van der Waals surface area contributed by atoms with E-state index in [1.165, 1.54) is 0 Å². The molecule has 0 aliphatic rings. The van der Waals surface area contributed by atoms with Crippen LogP contribution in [0.1, 0.15) is 0 Å². The molecule has 4 rings (SSSR count). The average molecular weight is 296 g/mol. The topological polar surface area (TPSA) is 60.0 Å². The molecule has 0 bridgehead atoms. The van der Waals surface area contributed by atoms with Crippen molar-refractivity contribution in [1.82, 2.24) is 24.1 Å². The summed E-state index contributed by atoms with van der Waals surface area (Å²) in [5.74, 6) is 0.745. The highest BCUT2D eigenvalue weighted by atomic mass is 32.1. The summed E-state index contributed by atoms with van der Waals surface area (Å²) in [6.45, 7) is 0. The summed E-state index contributed by atoms with van der Waals surface area (Å²) in [5, 5.41) is 10.6. The summed E-state index contributed by atoms with van der Waals surface area (Å²) in [5.41, 5.74) is 2.82. The van der Waals surface area contributed by atoms with Crippen molar-refractivity contribution in [3.63, 3.8) is 0 Å². The molecule has 4 heterocycles. The summed E-state index contributed by atoms with van der Waals surface area (Å²) in [6, 6.07) is 4.01. The maximum absolute atomic E-state index is 4.49. The number of aryl methyl sites for hydroxylation is 1. The van der Waals surface area contributed by atoms with Gasteiger partial charge in [-0.25, -0.2) is 9.97 Å². The molecule has 0 radical (unpaired) electrons. The van der Waals surface area contributed by atoms with Gasteiger partial charge in [0.25, 0.3) is 0 Å². The van der Waals surface area contributed by atoms with Crippen molar-refractivity contribution in [3.8, 4) is 11.3 Å². The highest BCUT2D eigenvalue weighted by Gasteiger charge is 2.11. The van der Waals surface area contributed by atoms with Crippen LogP contribution in [0.3, 0.4) is 0 Å². The number of hydrogen-bond acceptors (Lipinski definition) is 5. The molecule has 0 atom stereocenters. The van der Waals surface area contributed by atoms with Crippen molar-refractivity contribution in [3.05, 3.63) is 48.5 Å². The molecule has 1 N–H and O–H groups in total. The van der Waals surface area contributed by atoms with E-state index in [0.717, 1.165) is 27.7 Å². The first-order valence-corrected chi connectivity index (χ1v) is 7.31. The van der Waals surface area contributed by atoms with E-state index in [1.807, 2.05) is 53.7 Å². The zero-order valence-corrected chi connectivity index (χ0v) is 12.1. The van der Waals surface area contributed by atoms with Crippen molar-refractivity contribution in [1.29, 1.82) is 0 Å². The Morgan fingerprint density at radius 3 is 2.95 bits per heavy atom. The smallest absolute Gasteiger partial charge is 0.180 e. The minimum Gasteiger partial charge on any atom is -0.329 e. The molecule has 0 saturated heterocycles. The third-order valence-corrected chi connectivity index (χ3v) is 3.98. The fraction of sp³-hybridized carbons (Fsp3) is 0.0714. The van der Waals surface area contributed by atoms with Crippen LogP contribution in [0, 0.1) is 0 Å². The van der Waals surface area contributed by atoms with Crippen molar-refractivity contribution in [2.24, 2.45) is 7.05 Å². The Kier molecular flexibility index (Phi) is 2.71. The molecular weight excluding hydrogens is 284 g/mol. The lowest BCUT2D eigenvalue weighted by atomic mass is 10.3. The highest BCUT2D eigenvalue weighted by molar-refractivity contribution is 7.14. The zero-order chi connectivity index (χ0) is 14.2. The summed E-state index contributed by atoms with van der Waals surface area (Å²) in [7, 11) is 1.90. The van der Waals surface area contributed by atoms with Crippen LogP contribution in [0.4, 0.5) is 10.8 Å². The van der Waals surface area contributed by atoms with E-state index >= 15 is 0 Å². The van der Waals surface area contributed by atoms with E-state index in [-0.39, 0.29) is 0 Å². The number of nitrogens with one attached hydrogen (secondary N) is 1. The molecule has 0 saturated carbocycles. The summed E-state index contributed by atoms with van der Waals surface area (Å²) in [6.07, 6.45) is 9.31. The van der Waals surface area contributed by atoms with Crippen LogP contribution in [0.25, 0.3) is 16.9 Å². The summed E-state index contributed by atoms with van der Waals surface area (Å²) >= 11 is 1.63. The summed E-state index contributed by atoms with van der Waals surface area (Å²) < 4.78 is 3.79. The highest BCUT2D eigenvalue weighted by Crippen LogP contribution is 2.26. The first-order chi connectivity index (χ1) is 10.3. The average Bonchev–Trinajstić information content (AvgIpc) is 3.18. The SMILES string of the molecule is Cn1cc(-c2cnc3c(Nc4cccs4)nccn23)cn1. The van der Waals surface area contributed by atoms with E-state index in [1.54, 1.807) is 22.2 Å². The second kappa shape index (κ2) is 4.71. The first kappa shape index (κ1) is 12.1. The van der Waals surface area contributed by atoms with E-state index in [2.05, 4.69) is 20.4 Å². The molecule has 0 amide bonds. The van der Waals surface area contributed by atoms with Crippen LogP contribution >= 0.6 is 11.3 Å². The molecule has 6 nitrogen and oxygen atoms in total. The van der Waals surface area contributed by atoms with Gasteiger partial charge in [-0.05, 0) is 17.5 Å². The van der Waals surface area contributed by atoms with E-state index < -0.39 is 0 Å². The largest absolute Gasteiger partial charge is 0.329 e. The molecule has 21 heavy (non-hydrogen) atoms. The monoisotopic (exact) mass is 296 g/mol. The van der Waals surface area contributed by atoms with Crippen LogP contribution in [-0.4, -0.2) is 24.1 Å². The zero-order valence-electron chi connectivity index (χ0n) is 11.3. The minimum atomic E-state index is 0.745. The van der Waals surface area contributed by atoms with Gasteiger partial charge in [-0.1, -0.05) is 0 Å². The lowest BCUT2D eigenvalue weighted by Gasteiger charge is -2.05. The van der Waals surface area contributed by atoms with Gasteiger partial charge >= 0.3 is 0 Å². The number of anilines is 2. The van der Waals surface area contributed by atoms with E-state index in [0.29, 0.717) is 0 Å². The molecule has 0 aliphatic carbocycles. The molecule has 0 fully saturated rings. The molecule has 0 aromatic carbocycles. The normalized spacial score (nSPS) is 11.1. The van der Waals surface area contributed by atoms with Crippen LogP contribution in [-0.2, 0) is 7.05 Å². The van der Waals surface area contributed by atoms with Gasteiger partial charge in [0.2, 0.25) is 0 Å². The number of fused-ring (bicyclic) bond motifs is 1. The van der Waals surface area contributed by atoms with Crippen LogP contribution < -0.4 is 5.32 Å². The Morgan fingerprint density at radius 2 is 2.19 bits per heavy atom. The van der Waals surface area contributed by atoms with Gasteiger partial charge in [-0.15, -0.1) is 11.3 Å². The van der Waals surface area contributed by atoms with Crippen molar-refractivity contribution < 1.29 is 0 Å². The fourth-order valence-corrected chi connectivity index (χ4v) is 2.86. The Morgan fingerprint density at radius 1 is 1.24 bits per heavy atom. The third kappa shape index (κ3) is 2.07. The number of imidazole rings is 1. The predicted octanol–water partition coefficient (Wildman–Crippen LogP) is 2.93. The van der Waals surface area contributed by atoms with Crippen LogP contribution in [0.2, 0.25) is 0 Å². The molecule has 0 spiro atoms. The quantitative estimate of drug-likeness (QED) is 0.631. The molecule has 104 valence electrons. The first-order valence-electron chi connectivity index (χ1n) is 6.43. The van der Waals surface area contributed by atoms with Gasteiger partial charge in [-0.2, -0.15) is 5.10 Å². The van der Waals surface area contributed by atoms with Gasteiger partial charge in [0.1, 0.15) is 0 Å². The molecule has 0 aliphatic heterocycles. The number of nitrogens with zero attached hydrogens (tertiary/aromatic N) is 5. The molecule has 0 unspecified atom stereocenters. The summed E-state index contributed by atoms with van der Waals surface area (Å²) in [4.78, 5) is 8.88. The van der Waals surface area contributed by atoms with Gasteiger partial charge in [-0.3, -0.25) is 9.08 Å².